The van der Waals surface area contributed by atoms with Gasteiger partial charge in [-0.05, 0) is 0 Å². The zero-order valence-corrected chi connectivity index (χ0v) is 57.0. The average Bonchev–Trinajstić information content (AvgIpc) is 1.03. The molecule has 11 aromatic rings. The van der Waals surface area contributed by atoms with Crippen molar-refractivity contribution in [3.05, 3.63) is 231 Å². The van der Waals surface area contributed by atoms with E-state index in [1.807, 2.05) is 45.0 Å². The Hall–Kier alpha value is -8.05. The Kier molecular flexibility index (Phi) is 14.1. The number of fused-ring (bicyclic) bond motifs is 7. The number of nitrogens with zero attached hydrogens (tertiary/aromatic N) is 2. The van der Waals surface area contributed by atoms with Crippen molar-refractivity contribution >= 4 is 90.1 Å². The Morgan fingerprint density at radius 2 is 0.819 bits per heavy atom. The molecule has 0 amide bonds. The Bertz CT molecular complexity index is 5090. The Labute approximate surface area is 558 Å². The predicted molar refractivity (Wildman–Crippen MR) is 366 cm³/mol. The number of halogens is 10. The first-order valence-electron chi connectivity index (χ1n) is 33.1. The monoisotopic (exact) mass is 1390 g/mol. The minimum absolute atomic E-state index is 0.0535. The molecule has 0 N–H and O–H groups in total. The standard InChI is InChI=1S/C80H69BF10N2Te/c1-76(2,3)44-25-27-57-53(37-44)50-19-16-17-22-56(50)92(57)49-38-59-64-61(39-49)94-60-28-24-41(43-31-47(79(10,11)12)36-48(32-43)80(13,14)15)34-55(60)81(64)54-33-40(42-29-45(77(4,5)6)35-46(30-42)78(7,8)9)23-26-58(54)93(59)75-51(62-65(82)69(86)73(90)70(87)66(62)83)20-18-21-52(75)63-67(84)71(88)74(91)72(89)68(63)85/h16-39H,1-15H3/i16D,17D,19D,22D. The van der Waals surface area contributed by atoms with E-state index in [1.165, 1.54) is 4.90 Å². The third kappa shape index (κ3) is 10.6. The first kappa shape index (κ1) is 59.7. The third-order valence-electron chi connectivity index (χ3n) is 18.5. The van der Waals surface area contributed by atoms with Crippen LogP contribution in [-0.2, 0) is 27.1 Å². The molecule has 1 aromatic heterocycles. The van der Waals surface area contributed by atoms with E-state index in [2.05, 4.69) is 138 Å². The fourth-order valence-corrected chi connectivity index (χ4v) is 16.5. The van der Waals surface area contributed by atoms with Gasteiger partial charge in [0.1, 0.15) is 0 Å². The Balaban J connectivity index is 1.25. The molecule has 14 heteroatoms. The molecule has 2 aliphatic heterocycles. The van der Waals surface area contributed by atoms with Crippen LogP contribution in [0.4, 0.5) is 61.0 Å². The van der Waals surface area contributed by atoms with Crippen molar-refractivity contribution < 1.29 is 49.4 Å². The molecule has 0 aliphatic carbocycles. The predicted octanol–water partition coefficient (Wildman–Crippen LogP) is 19.6. The zero-order valence-electron chi connectivity index (χ0n) is 58.7. The van der Waals surface area contributed by atoms with Gasteiger partial charge in [-0.1, -0.05) is 0 Å². The van der Waals surface area contributed by atoms with E-state index in [0.717, 1.165) is 71.8 Å². The summed E-state index contributed by atoms with van der Waals surface area (Å²) in [6.45, 7) is 30.6. The second-order valence-corrected chi connectivity index (χ2v) is 33.1. The summed E-state index contributed by atoms with van der Waals surface area (Å²) in [6, 6.07) is 34.8. The Morgan fingerprint density at radius 1 is 0.372 bits per heavy atom. The fraction of sp³-hybridized carbons (Fsp3) is 0.250. The van der Waals surface area contributed by atoms with Gasteiger partial charge < -0.3 is 0 Å². The van der Waals surface area contributed by atoms with Crippen LogP contribution < -0.4 is 28.5 Å². The number of hydrogen-bond acceptors (Lipinski definition) is 1. The summed E-state index contributed by atoms with van der Waals surface area (Å²) in [5.74, 6) is -24.0. The van der Waals surface area contributed by atoms with Gasteiger partial charge in [-0.2, -0.15) is 0 Å². The summed E-state index contributed by atoms with van der Waals surface area (Å²) >= 11 is -1.72. The number of aromatic nitrogens is 1. The third-order valence-corrected chi connectivity index (χ3v) is 21.8. The summed E-state index contributed by atoms with van der Waals surface area (Å²) in [5, 5.41) is 0.624. The van der Waals surface area contributed by atoms with Gasteiger partial charge in [-0.15, -0.1) is 0 Å². The SMILES string of the molecule is [2H]c1c([2H])c([2H])c2c(c1[2H])c1cc(C(C)(C)C)ccc1n2-c1cc2c3c(c1)N(c1c(-c4c(F)c(F)c(F)c(F)c4F)cccc1-c1c(F)c(F)c(F)c(F)c1F)c1ccc(-c4cc(C(C)(C)C)cc(C(C)(C)C)c4)cc1B3c1cc(-c3cc(C(C)(C)C)cc(C(C)(C)C)c3)ccc1[Te]2. The summed E-state index contributed by atoms with van der Waals surface area (Å²) in [7, 11) is 0. The molecule has 0 saturated heterocycles. The van der Waals surface area contributed by atoms with Crippen LogP contribution >= 0.6 is 0 Å². The molecule has 0 atom stereocenters. The number of benzene rings is 10. The van der Waals surface area contributed by atoms with Gasteiger partial charge in [0.2, 0.25) is 0 Å². The first-order chi connectivity index (χ1) is 45.6. The molecule has 94 heavy (non-hydrogen) atoms. The molecule has 0 bridgehead atoms. The normalized spacial score (nSPS) is 14.1. The van der Waals surface area contributed by atoms with Crippen molar-refractivity contribution in [3.63, 3.8) is 0 Å². The van der Waals surface area contributed by atoms with Gasteiger partial charge in [0.25, 0.3) is 0 Å². The summed E-state index contributed by atoms with van der Waals surface area (Å²) < 4.78 is 204. The molecule has 0 saturated carbocycles. The van der Waals surface area contributed by atoms with Gasteiger partial charge in [0.05, 0.1) is 0 Å². The quantitative estimate of drug-likeness (QED) is 0.0697. The van der Waals surface area contributed by atoms with E-state index >= 15 is 43.9 Å². The molecule has 0 fully saturated rings. The van der Waals surface area contributed by atoms with Crippen molar-refractivity contribution in [1.29, 1.82) is 0 Å². The van der Waals surface area contributed by atoms with Crippen molar-refractivity contribution in [3.8, 4) is 50.2 Å². The van der Waals surface area contributed by atoms with Gasteiger partial charge in [0.15, 0.2) is 0 Å². The van der Waals surface area contributed by atoms with Crippen LogP contribution in [0.3, 0.4) is 0 Å². The number of rotatable bonds is 6. The molecule has 13 rings (SSSR count). The average molecular weight is 1390 g/mol. The summed E-state index contributed by atoms with van der Waals surface area (Å²) in [4.78, 5) is 1.34. The molecule has 10 aromatic carbocycles. The van der Waals surface area contributed by atoms with Crippen molar-refractivity contribution in [2.24, 2.45) is 0 Å². The van der Waals surface area contributed by atoms with Crippen LogP contribution in [0.5, 0.6) is 0 Å². The number of para-hydroxylation sites is 2. The molecule has 2 nitrogen and oxygen atoms in total. The van der Waals surface area contributed by atoms with Gasteiger partial charge in [0, 0.05) is 0 Å². The van der Waals surface area contributed by atoms with Crippen LogP contribution in [0.1, 0.15) is 137 Å². The van der Waals surface area contributed by atoms with Crippen molar-refractivity contribution in [2.45, 2.75) is 131 Å². The fourth-order valence-electron chi connectivity index (χ4n) is 13.1. The second-order valence-electron chi connectivity index (χ2n) is 30.0. The molecule has 2 aliphatic rings. The molecule has 3 heterocycles. The maximum atomic E-state index is 17.2. The molecule has 0 radical (unpaired) electrons. The summed E-state index contributed by atoms with van der Waals surface area (Å²) in [6.07, 6.45) is 0. The number of hydrogen-bond donors (Lipinski definition) is 0. The maximum absolute atomic E-state index is 17.2. The second kappa shape index (κ2) is 22.3. The van der Waals surface area contributed by atoms with Crippen molar-refractivity contribution in [2.75, 3.05) is 4.90 Å². The van der Waals surface area contributed by atoms with E-state index in [0.29, 0.717) is 31.0 Å². The minimum atomic E-state index is -2.52. The van der Waals surface area contributed by atoms with E-state index in [4.69, 9.17) is 2.74 Å². The molecular formula is C80H69BF10N2Te. The van der Waals surface area contributed by atoms with Crippen LogP contribution in [0.25, 0.3) is 72.0 Å². The van der Waals surface area contributed by atoms with Gasteiger partial charge in [-0.25, -0.2) is 0 Å². The van der Waals surface area contributed by atoms with E-state index in [-0.39, 0.29) is 55.7 Å². The van der Waals surface area contributed by atoms with Crippen LogP contribution in [0, 0.1) is 58.2 Å². The topological polar surface area (TPSA) is 8.17 Å². The van der Waals surface area contributed by atoms with Gasteiger partial charge >= 0.3 is 562 Å². The zero-order chi connectivity index (χ0) is 71.2. The molecule has 478 valence electrons. The molecular weight excluding hydrogens is 1320 g/mol. The van der Waals surface area contributed by atoms with E-state index in [1.54, 1.807) is 28.8 Å². The summed E-state index contributed by atoms with van der Waals surface area (Å²) in [5.41, 5.74) is 3.41. The Morgan fingerprint density at radius 3 is 1.30 bits per heavy atom. The first-order valence-corrected chi connectivity index (χ1v) is 33.4. The van der Waals surface area contributed by atoms with E-state index in [9.17, 15) is 2.74 Å². The van der Waals surface area contributed by atoms with Crippen LogP contribution in [0.15, 0.2) is 145 Å². The van der Waals surface area contributed by atoms with Crippen LogP contribution in [0.2, 0.25) is 0 Å². The number of anilines is 3. The molecule has 0 spiro atoms. The van der Waals surface area contributed by atoms with Gasteiger partial charge in [-0.3, -0.25) is 0 Å². The van der Waals surface area contributed by atoms with Crippen LogP contribution in [-0.4, -0.2) is 32.2 Å². The van der Waals surface area contributed by atoms with Crippen molar-refractivity contribution in [1.82, 2.24) is 4.57 Å². The van der Waals surface area contributed by atoms with E-state index < -0.39 is 137 Å². The molecule has 0 unspecified atom stereocenters.